The van der Waals surface area contributed by atoms with Gasteiger partial charge in [0.1, 0.15) is 47.4 Å². The smallest absolute Gasteiger partial charge is 0.408 e. The third-order valence-corrected chi connectivity index (χ3v) is 12.9. The zero-order chi connectivity index (χ0) is 45.2. The molecule has 1 heterocycles. The number of Topliss-reactive ketones (excluding diaryl/α,β-unsaturated/α-hetero) is 1. The van der Waals surface area contributed by atoms with Crippen LogP contribution in [0.4, 0.5) is 13.6 Å². The number of halogens is 2. The monoisotopic (exact) mass is 857 g/mol. The van der Waals surface area contributed by atoms with Crippen molar-refractivity contribution in [3.8, 4) is 5.75 Å². The lowest BCUT2D eigenvalue weighted by Gasteiger charge is -2.67. The maximum atomic E-state index is 16.8. The summed E-state index contributed by atoms with van der Waals surface area (Å²) in [7, 11) is 1.36. The minimum atomic E-state index is -4.55. The van der Waals surface area contributed by atoms with Crippen molar-refractivity contribution in [2.24, 2.45) is 16.7 Å². The van der Waals surface area contributed by atoms with Crippen molar-refractivity contribution < 1.29 is 76.5 Å². The molecule has 332 valence electrons. The van der Waals surface area contributed by atoms with Crippen molar-refractivity contribution in [1.82, 2.24) is 5.32 Å². The molecule has 15 nitrogen and oxygen atoms in total. The van der Waals surface area contributed by atoms with Crippen molar-refractivity contribution in [3.05, 3.63) is 76.9 Å². The number of hydrogen-bond acceptors (Lipinski definition) is 14. The molecule has 3 fully saturated rings. The fraction of sp³-hybridized carbons (Fsp3) is 0.568. The Morgan fingerprint density at radius 2 is 1.59 bits per heavy atom. The minimum Gasteiger partial charge on any atom is -0.497 e. The van der Waals surface area contributed by atoms with Crippen LogP contribution in [0.1, 0.15) is 90.2 Å². The van der Waals surface area contributed by atoms with Crippen molar-refractivity contribution >= 4 is 29.8 Å². The van der Waals surface area contributed by atoms with Crippen molar-refractivity contribution in [2.75, 3.05) is 13.7 Å². The fourth-order valence-corrected chi connectivity index (χ4v) is 9.70. The second-order valence-corrected chi connectivity index (χ2v) is 18.0. The van der Waals surface area contributed by atoms with Gasteiger partial charge in [0.2, 0.25) is 0 Å². The van der Waals surface area contributed by atoms with Crippen LogP contribution in [0.25, 0.3) is 0 Å². The lowest BCUT2D eigenvalue weighted by Crippen LogP contribution is -2.81. The van der Waals surface area contributed by atoms with Crippen LogP contribution in [-0.2, 0) is 38.1 Å². The second-order valence-electron chi connectivity index (χ2n) is 18.0. The van der Waals surface area contributed by atoms with Gasteiger partial charge in [-0.25, -0.2) is 14.4 Å². The van der Waals surface area contributed by atoms with E-state index in [-0.39, 0.29) is 41.1 Å². The number of rotatable bonds is 9. The van der Waals surface area contributed by atoms with E-state index < -0.39 is 112 Å². The molecule has 1 saturated heterocycles. The van der Waals surface area contributed by atoms with Crippen LogP contribution in [0, 0.1) is 16.7 Å². The Morgan fingerprint density at radius 1 is 0.967 bits per heavy atom. The lowest BCUT2D eigenvalue weighted by molar-refractivity contribution is -0.346. The first-order chi connectivity index (χ1) is 28.3. The second kappa shape index (κ2) is 15.7. The van der Waals surface area contributed by atoms with Gasteiger partial charge in [-0.2, -0.15) is 8.78 Å². The number of fused-ring (bicyclic) bond motifs is 5. The Morgan fingerprint density at radius 3 is 2.13 bits per heavy atom. The highest BCUT2D eigenvalue weighted by molar-refractivity contribution is 5.94. The summed E-state index contributed by atoms with van der Waals surface area (Å²) >= 11 is 0. The van der Waals surface area contributed by atoms with E-state index in [0.717, 1.165) is 6.92 Å². The number of ether oxygens (including phenoxy) is 6. The molecule has 2 aromatic carbocycles. The maximum Gasteiger partial charge on any atom is 0.408 e. The number of nitrogens with one attached hydrogen (secondary N) is 1. The van der Waals surface area contributed by atoms with Crippen LogP contribution in [0.3, 0.4) is 0 Å². The molecule has 2 saturated carbocycles. The summed E-state index contributed by atoms with van der Waals surface area (Å²) in [4.78, 5) is 68.9. The first-order valence-corrected chi connectivity index (χ1v) is 19.9. The number of carbonyl (C=O) groups is 5. The summed E-state index contributed by atoms with van der Waals surface area (Å²) < 4.78 is 67.5. The van der Waals surface area contributed by atoms with E-state index in [2.05, 4.69) is 5.32 Å². The van der Waals surface area contributed by atoms with E-state index in [4.69, 9.17) is 28.4 Å². The van der Waals surface area contributed by atoms with Gasteiger partial charge in [-0.1, -0.05) is 44.2 Å². The van der Waals surface area contributed by atoms with Gasteiger partial charge in [0.05, 0.1) is 36.7 Å². The molecule has 4 aliphatic rings. The molecule has 61 heavy (non-hydrogen) atoms. The molecule has 2 bridgehead atoms. The number of methoxy groups -OCH3 is 1. The number of aliphatic hydroxyl groups excluding tert-OH is 2. The topological polar surface area (TPSA) is 213 Å². The highest BCUT2D eigenvalue weighted by Gasteiger charge is 2.78. The van der Waals surface area contributed by atoms with Gasteiger partial charge in [0.15, 0.2) is 11.4 Å². The van der Waals surface area contributed by atoms with Crippen LogP contribution < -0.4 is 10.1 Å². The van der Waals surface area contributed by atoms with Gasteiger partial charge < -0.3 is 49.1 Å². The van der Waals surface area contributed by atoms with Gasteiger partial charge in [-0.15, -0.1) is 0 Å². The van der Waals surface area contributed by atoms with E-state index in [9.17, 15) is 39.3 Å². The molecule has 1 unspecified atom stereocenters. The van der Waals surface area contributed by atoms with Gasteiger partial charge in [0, 0.05) is 25.2 Å². The average molecular weight is 858 g/mol. The molecule has 1 amide bonds. The van der Waals surface area contributed by atoms with E-state index >= 15 is 8.78 Å². The predicted octanol–water partition coefficient (Wildman–Crippen LogP) is 4.54. The van der Waals surface area contributed by atoms with Gasteiger partial charge in [-0.3, -0.25) is 9.59 Å². The SMILES string of the molecule is COc1ccc(C(NC(=O)OC(C)(C)C)C(F)(F)C(=O)O[C@H]2C[C@@]3(O)[C@@H](OC(=O)c4ccccc4)[C@@H]4[C@]5(OC(C)=O)CO[C@@H]5C[C@H](O)[C@@]4(C)C(=O)[C@H](O)C(=C2C)C3(C)C)cc1. The molecule has 3 aliphatic carbocycles. The number of benzene rings is 2. The Kier molecular flexibility index (Phi) is 11.8. The zero-order valence-corrected chi connectivity index (χ0v) is 35.4. The Labute approximate surface area is 351 Å². The molecule has 10 atom stereocenters. The normalized spacial score (nSPS) is 32.3. The number of hydrogen-bond donors (Lipinski definition) is 4. The fourth-order valence-electron chi connectivity index (χ4n) is 9.70. The summed E-state index contributed by atoms with van der Waals surface area (Å²) in [5.41, 5.74) is -9.95. The number of alkyl carbamates (subject to hydrolysis) is 1. The maximum absolute atomic E-state index is 16.8. The van der Waals surface area contributed by atoms with E-state index in [0.29, 0.717) is 0 Å². The summed E-state index contributed by atoms with van der Waals surface area (Å²) in [6.07, 6.45) is -10.9. The standard InChI is InChI=1S/C44H53F2NO14/c1-22-27(58-37(53)44(45,46)33(47-38(54)61-39(3,4)5)24-15-17-26(56-9)18-16-24)20-43(55)35(59-36(52)25-13-11-10-12-14-25)32-41(8,34(51)31(50)30(22)40(43,6)7)28(49)19-29-42(32,21-57-29)60-23(2)48/h10-18,27-29,31-33,35,49-50,55H,19-21H2,1-9H3,(H,47,54)/t27-,28-,29+,31+,32-,33?,35-,41+,42-,43+/m0/s1. The molecule has 6 rings (SSSR count). The molecule has 4 N–H and O–H groups in total. The van der Waals surface area contributed by atoms with Crippen LogP contribution in [0.15, 0.2) is 65.7 Å². The molecule has 17 heteroatoms. The number of ketones is 1. The lowest BCUT2D eigenvalue weighted by atomic mass is 9.44. The first-order valence-electron chi connectivity index (χ1n) is 19.9. The summed E-state index contributed by atoms with van der Waals surface area (Å²) in [6.45, 7) is 10.8. The van der Waals surface area contributed by atoms with Crippen molar-refractivity contribution in [2.45, 2.75) is 128 Å². The molecular weight excluding hydrogens is 804 g/mol. The van der Waals surface area contributed by atoms with Crippen LogP contribution >= 0.6 is 0 Å². The van der Waals surface area contributed by atoms with E-state index in [1.807, 2.05) is 0 Å². The van der Waals surface area contributed by atoms with Crippen LogP contribution in [-0.4, -0.2) is 112 Å². The number of carbonyl (C=O) groups excluding carboxylic acids is 5. The number of alkyl halides is 2. The van der Waals surface area contributed by atoms with Crippen molar-refractivity contribution in [3.63, 3.8) is 0 Å². The third kappa shape index (κ3) is 7.56. The van der Waals surface area contributed by atoms with E-state index in [1.54, 1.807) is 18.2 Å². The largest absolute Gasteiger partial charge is 0.497 e. The summed E-state index contributed by atoms with van der Waals surface area (Å²) in [5, 5.41) is 39.5. The van der Waals surface area contributed by atoms with Gasteiger partial charge >= 0.3 is 29.9 Å². The highest BCUT2D eigenvalue weighted by atomic mass is 19.3. The summed E-state index contributed by atoms with van der Waals surface area (Å²) in [5.74, 6) is -10.9. The molecule has 1 aliphatic heterocycles. The molecule has 2 aromatic rings. The molecule has 0 spiro atoms. The minimum absolute atomic E-state index is 0.00534. The van der Waals surface area contributed by atoms with E-state index in [1.165, 1.54) is 92.0 Å². The van der Waals surface area contributed by atoms with Gasteiger partial charge in [-0.05, 0) is 75.6 Å². The Bertz CT molecular complexity index is 2100. The quantitative estimate of drug-likeness (QED) is 0.155. The van der Waals surface area contributed by atoms with Gasteiger partial charge in [0.25, 0.3) is 0 Å². The van der Waals surface area contributed by atoms with Crippen LogP contribution in [0.5, 0.6) is 5.75 Å². The molecular formula is C44H53F2NO14. The predicted molar refractivity (Wildman–Crippen MR) is 209 cm³/mol. The zero-order valence-electron chi connectivity index (χ0n) is 35.4. The number of aliphatic hydroxyl groups is 3. The highest BCUT2D eigenvalue weighted by Crippen LogP contribution is 2.64. The summed E-state index contributed by atoms with van der Waals surface area (Å²) in [6, 6.07) is 10.3. The average Bonchev–Trinajstić information content (AvgIpc) is 3.17. The van der Waals surface area contributed by atoms with Crippen LogP contribution in [0.2, 0.25) is 0 Å². The first kappa shape index (κ1) is 45.6. The Balaban J connectivity index is 1.50. The van der Waals surface area contributed by atoms with Crippen molar-refractivity contribution in [1.29, 1.82) is 0 Å². The number of esters is 3. The molecule has 0 aromatic heterocycles. The third-order valence-electron chi connectivity index (χ3n) is 12.9. The number of amides is 1. The molecule has 0 radical (unpaired) electrons. The Hall–Kier alpha value is -4.97.